The molecule has 2 heterocycles. The third kappa shape index (κ3) is 3.68. The Labute approximate surface area is 139 Å². The van der Waals surface area contributed by atoms with Crippen LogP contribution in [0.25, 0.3) is 11.3 Å². The summed E-state index contributed by atoms with van der Waals surface area (Å²) in [7, 11) is 0. The van der Waals surface area contributed by atoms with Crippen LogP contribution in [-0.4, -0.2) is 10.9 Å². The lowest BCUT2D eigenvalue weighted by Crippen LogP contribution is -2.22. The van der Waals surface area contributed by atoms with Gasteiger partial charge in [-0.3, -0.25) is 4.79 Å². The van der Waals surface area contributed by atoms with E-state index in [2.05, 4.69) is 17.2 Å². The maximum Gasteiger partial charge on any atom is 0.251 e. The van der Waals surface area contributed by atoms with Gasteiger partial charge >= 0.3 is 0 Å². The van der Waals surface area contributed by atoms with Crippen LogP contribution in [0, 0.1) is 6.92 Å². The van der Waals surface area contributed by atoms with Gasteiger partial charge in [-0.25, -0.2) is 4.98 Å². The van der Waals surface area contributed by atoms with E-state index in [1.807, 2.05) is 42.6 Å². The summed E-state index contributed by atoms with van der Waals surface area (Å²) in [6.07, 6.45) is 0.920. The first kappa shape index (κ1) is 15.5. The average molecular weight is 326 g/mol. The number of carbonyl (C=O) groups excluding carboxylic acids is 1. The van der Waals surface area contributed by atoms with Crippen LogP contribution in [0.5, 0.6) is 0 Å². The molecule has 1 aromatic carbocycles. The van der Waals surface area contributed by atoms with Crippen molar-refractivity contribution in [2.75, 3.05) is 0 Å². The van der Waals surface area contributed by atoms with Crippen LogP contribution in [-0.2, 0) is 13.0 Å². The number of furan rings is 1. The molecule has 5 heteroatoms. The summed E-state index contributed by atoms with van der Waals surface area (Å²) in [5.74, 6) is 1.51. The minimum Gasteiger partial charge on any atom is -0.461 e. The third-order valence-corrected chi connectivity index (χ3v) is 4.52. The zero-order valence-electron chi connectivity index (χ0n) is 13.1. The molecular weight excluding hydrogens is 308 g/mol. The van der Waals surface area contributed by atoms with E-state index < -0.39 is 0 Å². The number of hydrogen-bond acceptors (Lipinski definition) is 4. The van der Waals surface area contributed by atoms with E-state index in [9.17, 15) is 4.79 Å². The number of hydrogen-bond donors (Lipinski definition) is 1. The highest BCUT2D eigenvalue weighted by atomic mass is 32.1. The Hall–Kier alpha value is -2.40. The molecular formula is C18H18N2O2S. The van der Waals surface area contributed by atoms with E-state index >= 15 is 0 Å². The summed E-state index contributed by atoms with van der Waals surface area (Å²) in [6, 6.07) is 11.3. The second kappa shape index (κ2) is 6.79. The molecule has 0 aliphatic rings. The Kier molecular flexibility index (Phi) is 4.57. The molecule has 23 heavy (non-hydrogen) atoms. The van der Waals surface area contributed by atoms with Gasteiger partial charge in [0.25, 0.3) is 5.91 Å². The molecule has 0 fully saturated rings. The second-order valence-corrected chi connectivity index (χ2v) is 6.20. The lowest BCUT2D eigenvalue weighted by molar-refractivity contribution is 0.0950. The smallest absolute Gasteiger partial charge is 0.251 e. The standard InChI is InChI=1S/C18H18N2O2S/c1-3-17-20-15(11-23-17)10-19-18(21)14-6-4-5-13(9-14)16-8-7-12(2)22-16/h4-9,11H,3,10H2,1-2H3,(H,19,21). The van der Waals surface area contributed by atoms with Crippen LogP contribution < -0.4 is 5.32 Å². The predicted molar refractivity (Wildman–Crippen MR) is 91.5 cm³/mol. The van der Waals surface area contributed by atoms with E-state index in [1.165, 1.54) is 0 Å². The molecule has 118 valence electrons. The summed E-state index contributed by atoms with van der Waals surface area (Å²) < 4.78 is 5.61. The van der Waals surface area contributed by atoms with Gasteiger partial charge in [0.1, 0.15) is 11.5 Å². The lowest BCUT2D eigenvalue weighted by Gasteiger charge is -2.05. The van der Waals surface area contributed by atoms with Crippen LogP contribution in [0.2, 0.25) is 0 Å². The van der Waals surface area contributed by atoms with Crippen LogP contribution in [0.1, 0.15) is 33.7 Å². The van der Waals surface area contributed by atoms with Gasteiger partial charge in [-0.2, -0.15) is 0 Å². The minimum atomic E-state index is -0.110. The second-order valence-electron chi connectivity index (χ2n) is 5.26. The highest BCUT2D eigenvalue weighted by Crippen LogP contribution is 2.22. The van der Waals surface area contributed by atoms with Gasteiger partial charge in [0.15, 0.2) is 0 Å². The van der Waals surface area contributed by atoms with Gasteiger partial charge in [0, 0.05) is 16.5 Å². The lowest BCUT2D eigenvalue weighted by atomic mass is 10.1. The van der Waals surface area contributed by atoms with Gasteiger partial charge in [0.2, 0.25) is 0 Å². The predicted octanol–water partition coefficient (Wildman–Crippen LogP) is 4.20. The van der Waals surface area contributed by atoms with Crippen LogP contribution in [0.3, 0.4) is 0 Å². The molecule has 0 unspecified atom stereocenters. The van der Waals surface area contributed by atoms with E-state index in [4.69, 9.17) is 4.42 Å². The van der Waals surface area contributed by atoms with Crippen molar-refractivity contribution in [1.29, 1.82) is 0 Å². The van der Waals surface area contributed by atoms with Gasteiger partial charge in [0.05, 0.1) is 17.2 Å². The molecule has 0 spiro atoms. The van der Waals surface area contributed by atoms with Crippen molar-refractivity contribution in [2.24, 2.45) is 0 Å². The Bertz CT molecular complexity index is 820. The number of rotatable bonds is 5. The zero-order valence-corrected chi connectivity index (χ0v) is 13.9. The largest absolute Gasteiger partial charge is 0.461 e. The number of nitrogens with zero attached hydrogens (tertiary/aromatic N) is 1. The van der Waals surface area contributed by atoms with Crippen LogP contribution in [0.15, 0.2) is 46.2 Å². The number of aromatic nitrogens is 1. The maximum atomic E-state index is 12.3. The monoisotopic (exact) mass is 326 g/mol. The number of carbonyl (C=O) groups is 1. The molecule has 0 saturated carbocycles. The zero-order chi connectivity index (χ0) is 16.2. The number of nitrogens with one attached hydrogen (secondary N) is 1. The third-order valence-electron chi connectivity index (χ3n) is 3.48. The molecule has 0 aliphatic carbocycles. The van der Waals surface area contributed by atoms with E-state index in [0.29, 0.717) is 12.1 Å². The summed E-state index contributed by atoms with van der Waals surface area (Å²) in [5.41, 5.74) is 2.41. The van der Waals surface area contributed by atoms with Crippen molar-refractivity contribution in [3.8, 4) is 11.3 Å². The Morgan fingerprint density at radius 2 is 2.17 bits per heavy atom. The van der Waals surface area contributed by atoms with Crippen LogP contribution >= 0.6 is 11.3 Å². The molecule has 0 bridgehead atoms. The molecule has 0 atom stereocenters. The number of aryl methyl sites for hydroxylation is 2. The molecule has 2 aromatic heterocycles. The van der Waals surface area contributed by atoms with Gasteiger partial charge in [-0.05, 0) is 37.6 Å². The van der Waals surface area contributed by atoms with Crippen LogP contribution in [0.4, 0.5) is 0 Å². The fourth-order valence-electron chi connectivity index (χ4n) is 2.27. The van der Waals surface area contributed by atoms with E-state index in [1.54, 1.807) is 17.4 Å². The summed E-state index contributed by atoms with van der Waals surface area (Å²) in [6.45, 7) is 4.42. The number of amides is 1. The SMILES string of the molecule is CCc1nc(CNC(=O)c2cccc(-c3ccc(C)o3)c2)cs1. The summed E-state index contributed by atoms with van der Waals surface area (Å²) in [4.78, 5) is 16.8. The first-order chi connectivity index (χ1) is 11.2. The van der Waals surface area contributed by atoms with Gasteiger partial charge in [-0.15, -0.1) is 11.3 Å². The minimum absolute atomic E-state index is 0.110. The molecule has 3 rings (SSSR count). The Balaban J connectivity index is 1.69. The molecule has 0 radical (unpaired) electrons. The Morgan fingerprint density at radius 3 is 2.87 bits per heavy atom. The van der Waals surface area contributed by atoms with E-state index in [-0.39, 0.29) is 5.91 Å². The number of thiazole rings is 1. The molecule has 1 amide bonds. The topological polar surface area (TPSA) is 55.1 Å². The number of benzene rings is 1. The fraction of sp³-hybridized carbons (Fsp3) is 0.222. The van der Waals surface area contributed by atoms with Gasteiger partial charge in [-0.1, -0.05) is 19.1 Å². The maximum absolute atomic E-state index is 12.3. The first-order valence-electron chi connectivity index (χ1n) is 7.54. The molecule has 3 aromatic rings. The highest BCUT2D eigenvalue weighted by Gasteiger charge is 2.09. The molecule has 1 N–H and O–H groups in total. The average Bonchev–Trinajstić information content (AvgIpc) is 3.21. The van der Waals surface area contributed by atoms with Crippen molar-refractivity contribution < 1.29 is 9.21 Å². The normalized spacial score (nSPS) is 10.7. The van der Waals surface area contributed by atoms with Crippen molar-refractivity contribution in [3.63, 3.8) is 0 Å². The van der Waals surface area contributed by atoms with Crippen molar-refractivity contribution in [1.82, 2.24) is 10.3 Å². The highest BCUT2D eigenvalue weighted by molar-refractivity contribution is 7.09. The van der Waals surface area contributed by atoms with Crippen molar-refractivity contribution in [3.05, 3.63) is 63.8 Å². The van der Waals surface area contributed by atoms with Crippen molar-refractivity contribution in [2.45, 2.75) is 26.8 Å². The summed E-state index contributed by atoms with van der Waals surface area (Å²) in [5, 5.41) is 5.99. The van der Waals surface area contributed by atoms with E-state index in [0.717, 1.165) is 34.2 Å². The fourth-order valence-corrected chi connectivity index (χ4v) is 3.01. The van der Waals surface area contributed by atoms with Crippen molar-refractivity contribution >= 4 is 17.2 Å². The summed E-state index contributed by atoms with van der Waals surface area (Å²) >= 11 is 1.62. The van der Waals surface area contributed by atoms with Gasteiger partial charge < -0.3 is 9.73 Å². The Morgan fingerprint density at radius 1 is 1.30 bits per heavy atom. The first-order valence-corrected chi connectivity index (χ1v) is 8.42. The molecule has 4 nitrogen and oxygen atoms in total. The molecule has 0 aliphatic heterocycles. The molecule has 0 saturated heterocycles. The quantitative estimate of drug-likeness (QED) is 0.764.